The SMILES string of the molecule is CC1(COc2ccc(Cl)cc2C2CCN(Cc3nc4ccccc4n3CF)CC2)COC1. The number of nitrogens with zero attached hydrogens (tertiary/aromatic N) is 3. The summed E-state index contributed by atoms with van der Waals surface area (Å²) in [7, 11) is 0. The first-order valence-corrected chi connectivity index (χ1v) is 11.6. The number of alkyl halides is 1. The number of likely N-dealkylation sites (tertiary alicyclic amines) is 1. The van der Waals surface area contributed by atoms with Gasteiger partial charge < -0.3 is 9.47 Å². The molecule has 3 aromatic rings. The highest BCUT2D eigenvalue weighted by atomic mass is 35.5. The average molecular weight is 458 g/mol. The molecule has 2 saturated heterocycles. The van der Waals surface area contributed by atoms with Crippen LogP contribution in [-0.2, 0) is 18.1 Å². The zero-order valence-electron chi connectivity index (χ0n) is 18.4. The highest BCUT2D eigenvalue weighted by Gasteiger charge is 2.35. The summed E-state index contributed by atoms with van der Waals surface area (Å²) >= 11 is 6.34. The summed E-state index contributed by atoms with van der Waals surface area (Å²) in [5.41, 5.74) is 2.99. The molecule has 2 aromatic carbocycles. The quantitative estimate of drug-likeness (QED) is 0.475. The van der Waals surface area contributed by atoms with Crippen LogP contribution in [0, 0.1) is 5.41 Å². The van der Waals surface area contributed by atoms with E-state index in [-0.39, 0.29) is 5.41 Å². The molecule has 0 unspecified atom stereocenters. The van der Waals surface area contributed by atoms with E-state index in [2.05, 4.69) is 22.9 Å². The lowest BCUT2D eigenvalue weighted by atomic mass is 9.88. The zero-order chi connectivity index (χ0) is 22.1. The van der Waals surface area contributed by atoms with Gasteiger partial charge in [0.15, 0.2) is 6.80 Å². The van der Waals surface area contributed by atoms with Crippen molar-refractivity contribution in [3.05, 3.63) is 58.9 Å². The lowest BCUT2D eigenvalue weighted by Crippen LogP contribution is -2.44. The number of imidazole rings is 1. The Morgan fingerprint density at radius 1 is 1.19 bits per heavy atom. The number of hydrogen-bond donors (Lipinski definition) is 0. The lowest BCUT2D eigenvalue weighted by molar-refractivity contribution is -0.120. The minimum Gasteiger partial charge on any atom is -0.493 e. The summed E-state index contributed by atoms with van der Waals surface area (Å²) in [6.45, 7) is 6.29. The summed E-state index contributed by atoms with van der Waals surface area (Å²) in [4.78, 5) is 7.04. The molecular formula is C25H29ClFN3O2. The Morgan fingerprint density at radius 2 is 1.97 bits per heavy atom. The van der Waals surface area contributed by atoms with Crippen molar-refractivity contribution in [3.63, 3.8) is 0 Å². The van der Waals surface area contributed by atoms with Gasteiger partial charge in [-0.05, 0) is 67.7 Å². The molecule has 1 aromatic heterocycles. The number of halogens is 2. The molecule has 0 radical (unpaired) electrons. The van der Waals surface area contributed by atoms with Crippen LogP contribution in [-0.4, -0.2) is 47.4 Å². The molecule has 32 heavy (non-hydrogen) atoms. The maximum Gasteiger partial charge on any atom is 0.167 e. The van der Waals surface area contributed by atoms with Crippen LogP contribution >= 0.6 is 11.6 Å². The van der Waals surface area contributed by atoms with Crippen molar-refractivity contribution in [2.24, 2.45) is 5.41 Å². The van der Waals surface area contributed by atoms with Gasteiger partial charge in [-0.3, -0.25) is 9.47 Å². The number of ether oxygens (including phenoxy) is 2. The number of hydrogen-bond acceptors (Lipinski definition) is 4. The van der Waals surface area contributed by atoms with Crippen LogP contribution in [0.25, 0.3) is 11.0 Å². The molecule has 0 atom stereocenters. The fourth-order valence-electron chi connectivity index (χ4n) is 4.74. The maximum absolute atomic E-state index is 13.7. The van der Waals surface area contributed by atoms with Crippen molar-refractivity contribution in [2.75, 3.05) is 32.9 Å². The first-order chi connectivity index (χ1) is 15.5. The van der Waals surface area contributed by atoms with Crippen LogP contribution in [0.5, 0.6) is 5.75 Å². The van der Waals surface area contributed by atoms with Crippen molar-refractivity contribution < 1.29 is 13.9 Å². The van der Waals surface area contributed by atoms with E-state index in [4.69, 9.17) is 21.1 Å². The number of rotatable bonds is 7. The Hall–Kier alpha value is -2.15. The number of aromatic nitrogens is 2. The molecule has 0 N–H and O–H groups in total. The molecule has 170 valence electrons. The molecule has 0 bridgehead atoms. The van der Waals surface area contributed by atoms with E-state index >= 15 is 0 Å². The van der Waals surface area contributed by atoms with Gasteiger partial charge in [-0.25, -0.2) is 9.37 Å². The predicted molar refractivity (Wildman–Crippen MR) is 124 cm³/mol. The Kier molecular flexibility index (Phi) is 6.10. The van der Waals surface area contributed by atoms with Crippen molar-refractivity contribution in [1.29, 1.82) is 0 Å². The van der Waals surface area contributed by atoms with Gasteiger partial charge in [0.05, 0.1) is 37.4 Å². The van der Waals surface area contributed by atoms with Crippen molar-refractivity contribution in [3.8, 4) is 5.75 Å². The number of benzene rings is 2. The second kappa shape index (κ2) is 9.00. The second-order valence-corrected chi connectivity index (χ2v) is 9.83. The van der Waals surface area contributed by atoms with Gasteiger partial charge in [-0.2, -0.15) is 0 Å². The molecule has 2 fully saturated rings. The second-order valence-electron chi connectivity index (χ2n) is 9.39. The standard InChI is InChI=1S/C25H29ClFN3O2/c1-25(14-31-15-25)16-32-23-7-6-19(26)12-20(23)18-8-10-29(11-9-18)13-24-28-21-4-2-3-5-22(21)30(24)17-27/h2-7,12,18H,8-11,13-17H2,1H3. The lowest BCUT2D eigenvalue weighted by Gasteiger charge is -2.38. The van der Waals surface area contributed by atoms with Crippen molar-refractivity contribution in [1.82, 2.24) is 14.5 Å². The van der Waals surface area contributed by atoms with Crippen LogP contribution in [0.3, 0.4) is 0 Å². The van der Waals surface area contributed by atoms with Gasteiger partial charge in [0.2, 0.25) is 0 Å². The topological polar surface area (TPSA) is 39.5 Å². The van der Waals surface area contributed by atoms with E-state index in [1.807, 2.05) is 36.4 Å². The summed E-state index contributed by atoms with van der Waals surface area (Å²) in [5, 5.41) is 0.740. The molecule has 3 heterocycles. The van der Waals surface area contributed by atoms with Crippen LogP contribution < -0.4 is 4.74 Å². The van der Waals surface area contributed by atoms with Gasteiger partial charge in [0.1, 0.15) is 11.6 Å². The fraction of sp³-hybridized carbons (Fsp3) is 0.480. The Labute approximate surface area is 193 Å². The summed E-state index contributed by atoms with van der Waals surface area (Å²) in [6.07, 6.45) is 2.01. The summed E-state index contributed by atoms with van der Waals surface area (Å²) in [6, 6.07) is 13.7. The zero-order valence-corrected chi connectivity index (χ0v) is 19.2. The molecule has 7 heteroatoms. The van der Waals surface area contributed by atoms with Crippen LogP contribution in [0.2, 0.25) is 5.02 Å². The number of fused-ring (bicyclic) bond motifs is 1. The maximum atomic E-state index is 13.7. The molecule has 5 rings (SSSR count). The molecule has 0 aliphatic carbocycles. The Balaban J connectivity index is 1.25. The van der Waals surface area contributed by atoms with Gasteiger partial charge in [-0.15, -0.1) is 0 Å². The van der Waals surface area contributed by atoms with Crippen LogP contribution in [0.15, 0.2) is 42.5 Å². The summed E-state index contributed by atoms with van der Waals surface area (Å²) < 4.78 is 27.0. The van der Waals surface area contributed by atoms with E-state index < -0.39 is 6.80 Å². The third-order valence-electron chi connectivity index (χ3n) is 6.69. The minimum absolute atomic E-state index is 0.0994. The molecular weight excluding hydrogens is 429 g/mol. The van der Waals surface area contributed by atoms with Crippen molar-refractivity contribution in [2.45, 2.75) is 39.0 Å². The normalized spacial score (nSPS) is 19.2. The van der Waals surface area contributed by atoms with Gasteiger partial charge in [-0.1, -0.05) is 30.7 Å². The molecule has 0 spiro atoms. The van der Waals surface area contributed by atoms with E-state index in [0.29, 0.717) is 19.1 Å². The van der Waals surface area contributed by atoms with E-state index in [9.17, 15) is 4.39 Å². The molecule has 0 amide bonds. The van der Waals surface area contributed by atoms with E-state index in [0.717, 1.165) is 66.8 Å². The molecule has 2 aliphatic rings. The monoisotopic (exact) mass is 457 g/mol. The van der Waals surface area contributed by atoms with E-state index in [1.54, 1.807) is 4.57 Å². The predicted octanol–water partition coefficient (Wildman–Crippen LogP) is 5.41. The smallest absolute Gasteiger partial charge is 0.167 e. The Morgan fingerprint density at radius 3 is 2.69 bits per heavy atom. The number of piperidine rings is 1. The Bertz CT molecular complexity index is 1090. The van der Waals surface area contributed by atoms with Crippen LogP contribution in [0.1, 0.15) is 37.1 Å². The van der Waals surface area contributed by atoms with Gasteiger partial charge >= 0.3 is 0 Å². The highest BCUT2D eigenvalue weighted by molar-refractivity contribution is 6.30. The molecule has 2 aliphatic heterocycles. The van der Waals surface area contributed by atoms with E-state index in [1.165, 1.54) is 5.56 Å². The van der Waals surface area contributed by atoms with Crippen molar-refractivity contribution >= 4 is 22.6 Å². The molecule has 5 nitrogen and oxygen atoms in total. The van der Waals surface area contributed by atoms with Gasteiger partial charge in [0, 0.05) is 10.4 Å². The third-order valence-corrected chi connectivity index (χ3v) is 6.93. The van der Waals surface area contributed by atoms with Crippen LogP contribution in [0.4, 0.5) is 4.39 Å². The number of para-hydroxylation sites is 2. The average Bonchev–Trinajstić information content (AvgIpc) is 3.14. The first kappa shape index (κ1) is 21.7. The molecule has 0 saturated carbocycles. The minimum atomic E-state index is -0.556. The highest BCUT2D eigenvalue weighted by Crippen LogP contribution is 2.38. The third kappa shape index (κ3) is 4.36. The largest absolute Gasteiger partial charge is 0.493 e. The first-order valence-electron chi connectivity index (χ1n) is 11.3. The summed E-state index contributed by atoms with van der Waals surface area (Å²) in [5.74, 6) is 2.11. The fourth-order valence-corrected chi connectivity index (χ4v) is 4.92. The van der Waals surface area contributed by atoms with Gasteiger partial charge in [0.25, 0.3) is 0 Å².